The van der Waals surface area contributed by atoms with Crippen LogP contribution in [0.4, 0.5) is 0 Å². The minimum Gasteiger partial charge on any atom is -0.242 e. The van der Waals surface area contributed by atoms with Gasteiger partial charge in [0, 0.05) is 5.69 Å². The van der Waals surface area contributed by atoms with Gasteiger partial charge >= 0.3 is 0 Å². The van der Waals surface area contributed by atoms with Crippen LogP contribution in [0.5, 0.6) is 0 Å². The molecule has 9 heavy (non-hydrogen) atoms. The van der Waals surface area contributed by atoms with Gasteiger partial charge in [-0.3, -0.25) is 0 Å². The van der Waals surface area contributed by atoms with Crippen molar-refractivity contribution >= 4 is 24.9 Å². The standard InChI is InChI=1S/C6H5BClN/c1-4-2-5(7)3-6(8)9-4/h2-3H,1H3. The van der Waals surface area contributed by atoms with Crippen LogP contribution < -0.4 is 5.46 Å². The summed E-state index contributed by atoms with van der Waals surface area (Å²) in [4.78, 5) is 3.92. The van der Waals surface area contributed by atoms with Gasteiger partial charge in [0.15, 0.2) is 0 Å². The second-order valence-corrected chi connectivity index (χ2v) is 2.25. The summed E-state index contributed by atoms with van der Waals surface area (Å²) in [5, 5.41) is 0.451. The summed E-state index contributed by atoms with van der Waals surface area (Å²) in [7, 11) is 5.44. The fraction of sp³-hybridized carbons (Fsp3) is 0.167. The Kier molecular flexibility index (Phi) is 1.77. The highest BCUT2D eigenvalue weighted by molar-refractivity contribution is 6.35. The Labute approximate surface area is 60.5 Å². The Hall–Kier alpha value is -0.495. The molecule has 2 radical (unpaired) electrons. The maximum Gasteiger partial charge on any atom is 0.128 e. The van der Waals surface area contributed by atoms with E-state index in [2.05, 4.69) is 4.98 Å². The molecule has 0 amide bonds. The highest BCUT2D eigenvalue weighted by Gasteiger charge is 1.90. The summed E-state index contributed by atoms with van der Waals surface area (Å²) in [6.07, 6.45) is 0. The first kappa shape index (κ1) is 6.62. The molecule has 1 aromatic heterocycles. The van der Waals surface area contributed by atoms with E-state index in [0.29, 0.717) is 10.6 Å². The number of rotatable bonds is 0. The number of aryl methyl sites for hydroxylation is 1. The number of nitrogens with zero attached hydrogens (tertiary/aromatic N) is 1. The van der Waals surface area contributed by atoms with Gasteiger partial charge in [-0.1, -0.05) is 17.1 Å². The van der Waals surface area contributed by atoms with Gasteiger partial charge < -0.3 is 0 Å². The average molecular weight is 137 g/mol. The number of pyridine rings is 1. The summed E-state index contributed by atoms with van der Waals surface area (Å²) < 4.78 is 0. The van der Waals surface area contributed by atoms with Gasteiger partial charge in [-0.25, -0.2) is 4.98 Å². The number of hydrogen-bond donors (Lipinski definition) is 0. The van der Waals surface area contributed by atoms with E-state index >= 15 is 0 Å². The molecule has 3 heteroatoms. The van der Waals surface area contributed by atoms with Crippen molar-refractivity contribution in [1.82, 2.24) is 4.98 Å². The van der Waals surface area contributed by atoms with Crippen LogP contribution in [0.2, 0.25) is 5.15 Å². The van der Waals surface area contributed by atoms with Gasteiger partial charge in [0.25, 0.3) is 0 Å². The molecule has 0 atom stereocenters. The van der Waals surface area contributed by atoms with Gasteiger partial charge in [0.1, 0.15) is 13.0 Å². The molecule has 0 unspecified atom stereocenters. The SMILES string of the molecule is [B]c1cc(C)nc(Cl)c1. The second kappa shape index (κ2) is 2.40. The molecule has 0 saturated heterocycles. The molecule has 0 aliphatic rings. The third-order valence-corrected chi connectivity index (χ3v) is 1.14. The fourth-order valence-corrected chi connectivity index (χ4v) is 0.913. The number of hydrogen-bond acceptors (Lipinski definition) is 1. The van der Waals surface area contributed by atoms with Crippen molar-refractivity contribution in [2.24, 2.45) is 0 Å². The summed E-state index contributed by atoms with van der Waals surface area (Å²) in [6.45, 7) is 1.85. The van der Waals surface area contributed by atoms with E-state index in [-0.39, 0.29) is 0 Å². The lowest BCUT2D eigenvalue weighted by Crippen LogP contribution is -2.03. The van der Waals surface area contributed by atoms with Crippen molar-refractivity contribution in [3.05, 3.63) is 23.0 Å². The number of halogens is 1. The van der Waals surface area contributed by atoms with Crippen LogP contribution in [0.3, 0.4) is 0 Å². The topological polar surface area (TPSA) is 12.9 Å². The lowest BCUT2D eigenvalue weighted by molar-refractivity contribution is 1.21. The van der Waals surface area contributed by atoms with Gasteiger partial charge in [0.2, 0.25) is 0 Å². The normalized spacial score (nSPS) is 9.56. The van der Waals surface area contributed by atoms with E-state index in [1.54, 1.807) is 12.1 Å². The van der Waals surface area contributed by atoms with Crippen molar-refractivity contribution < 1.29 is 0 Å². The minimum atomic E-state index is 0.451. The zero-order valence-corrected chi connectivity index (χ0v) is 5.81. The van der Waals surface area contributed by atoms with Crippen molar-refractivity contribution in [2.45, 2.75) is 6.92 Å². The third-order valence-electron chi connectivity index (χ3n) is 0.944. The van der Waals surface area contributed by atoms with E-state index in [4.69, 9.17) is 19.4 Å². The Morgan fingerprint density at radius 2 is 2.22 bits per heavy atom. The van der Waals surface area contributed by atoms with Crippen molar-refractivity contribution in [1.29, 1.82) is 0 Å². The Morgan fingerprint density at radius 3 is 2.67 bits per heavy atom. The first-order chi connectivity index (χ1) is 4.18. The monoisotopic (exact) mass is 137 g/mol. The van der Waals surface area contributed by atoms with Crippen LogP contribution in [0.15, 0.2) is 12.1 Å². The highest BCUT2D eigenvalue weighted by atomic mass is 35.5. The number of aromatic nitrogens is 1. The Balaban J connectivity index is 3.17. The maximum absolute atomic E-state index is 5.56. The highest BCUT2D eigenvalue weighted by Crippen LogP contribution is 2.00. The molecule has 0 fully saturated rings. The predicted octanol–water partition coefficient (Wildman–Crippen LogP) is 0.837. The van der Waals surface area contributed by atoms with E-state index < -0.39 is 0 Å². The van der Waals surface area contributed by atoms with Gasteiger partial charge in [-0.05, 0) is 19.1 Å². The lowest BCUT2D eigenvalue weighted by Gasteiger charge is -1.94. The zero-order chi connectivity index (χ0) is 6.85. The van der Waals surface area contributed by atoms with Crippen LogP contribution in [0, 0.1) is 6.92 Å². The van der Waals surface area contributed by atoms with Crippen molar-refractivity contribution in [3.8, 4) is 0 Å². The summed E-state index contributed by atoms with van der Waals surface area (Å²) >= 11 is 5.56. The minimum absolute atomic E-state index is 0.451. The lowest BCUT2D eigenvalue weighted by atomic mass is 9.97. The molecule has 1 rings (SSSR count). The first-order valence-electron chi connectivity index (χ1n) is 2.58. The zero-order valence-electron chi connectivity index (χ0n) is 5.06. The predicted molar refractivity (Wildman–Crippen MR) is 39.4 cm³/mol. The summed E-state index contributed by atoms with van der Waals surface area (Å²) in [5.74, 6) is 0. The molecular weight excluding hydrogens is 132 g/mol. The van der Waals surface area contributed by atoms with Crippen molar-refractivity contribution in [3.63, 3.8) is 0 Å². The molecule has 0 spiro atoms. The summed E-state index contributed by atoms with van der Waals surface area (Å²) in [5.41, 5.74) is 1.51. The van der Waals surface area contributed by atoms with Crippen LogP contribution in [0.25, 0.3) is 0 Å². The van der Waals surface area contributed by atoms with E-state index in [0.717, 1.165) is 5.69 Å². The van der Waals surface area contributed by atoms with Gasteiger partial charge in [0.05, 0.1) is 0 Å². The molecule has 1 aromatic rings. The molecule has 0 aliphatic heterocycles. The van der Waals surface area contributed by atoms with Crippen LogP contribution >= 0.6 is 11.6 Å². The van der Waals surface area contributed by atoms with Crippen LogP contribution in [-0.2, 0) is 0 Å². The Bertz CT molecular complexity index is 174. The molecular formula is C6H5BClN. The molecule has 1 nitrogen and oxygen atoms in total. The molecule has 0 N–H and O–H groups in total. The molecule has 44 valence electrons. The molecule has 1 heterocycles. The van der Waals surface area contributed by atoms with Crippen LogP contribution in [0.1, 0.15) is 5.69 Å². The fourth-order valence-electron chi connectivity index (χ4n) is 0.653. The van der Waals surface area contributed by atoms with Crippen LogP contribution in [-0.4, -0.2) is 12.8 Å². The van der Waals surface area contributed by atoms with Gasteiger partial charge in [-0.15, -0.1) is 0 Å². The Morgan fingerprint density at radius 1 is 1.56 bits per heavy atom. The quantitative estimate of drug-likeness (QED) is 0.381. The van der Waals surface area contributed by atoms with E-state index in [1.165, 1.54) is 0 Å². The summed E-state index contributed by atoms with van der Waals surface area (Å²) in [6, 6.07) is 3.39. The van der Waals surface area contributed by atoms with E-state index in [1.807, 2.05) is 6.92 Å². The van der Waals surface area contributed by atoms with E-state index in [9.17, 15) is 0 Å². The van der Waals surface area contributed by atoms with Gasteiger partial charge in [-0.2, -0.15) is 0 Å². The maximum atomic E-state index is 5.56. The molecule has 0 bridgehead atoms. The smallest absolute Gasteiger partial charge is 0.128 e. The first-order valence-corrected chi connectivity index (χ1v) is 2.96. The molecule has 0 aliphatic carbocycles. The average Bonchev–Trinajstić information content (AvgIpc) is 1.59. The third kappa shape index (κ3) is 1.72. The van der Waals surface area contributed by atoms with Crippen molar-refractivity contribution in [2.75, 3.05) is 0 Å². The molecule has 0 aromatic carbocycles. The second-order valence-electron chi connectivity index (χ2n) is 1.86. The molecule has 0 saturated carbocycles. The largest absolute Gasteiger partial charge is 0.242 e.